The number of halogens is 1. The van der Waals surface area contributed by atoms with Crippen LogP contribution in [0.25, 0.3) is 0 Å². The van der Waals surface area contributed by atoms with E-state index in [9.17, 15) is 4.79 Å². The van der Waals surface area contributed by atoms with Crippen LogP contribution >= 0.6 is 15.9 Å². The second-order valence-electron chi connectivity index (χ2n) is 5.18. The maximum atomic E-state index is 11.0. The molecule has 8 heteroatoms. The Balaban J connectivity index is 1.68. The van der Waals surface area contributed by atoms with E-state index in [1.54, 1.807) is 12.1 Å². The first-order valence-electron chi connectivity index (χ1n) is 7.45. The monoisotopic (exact) mass is 398 g/mol. The molecule has 0 unspecified atom stereocenters. The number of carbonyl (C=O) groups excluding carboxylic acids is 1. The van der Waals surface area contributed by atoms with Gasteiger partial charge in [0, 0.05) is 28.5 Å². The van der Waals surface area contributed by atoms with Crippen LogP contribution < -0.4 is 16.0 Å². The number of aromatic nitrogens is 3. The lowest BCUT2D eigenvalue weighted by atomic mass is 10.3. The number of benzene rings is 2. The van der Waals surface area contributed by atoms with Crippen LogP contribution in [0.4, 0.5) is 28.8 Å². The van der Waals surface area contributed by atoms with E-state index in [0.29, 0.717) is 11.8 Å². The van der Waals surface area contributed by atoms with Crippen molar-refractivity contribution in [2.24, 2.45) is 0 Å². The number of hydrogen-bond acceptors (Lipinski definition) is 6. The Morgan fingerprint density at radius 3 is 2.20 bits per heavy atom. The molecule has 3 rings (SSSR count). The van der Waals surface area contributed by atoms with Gasteiger partial charge in [0.25, 0.3) is 0 Å². The van der Waals surface area contributed by atoms with E-state index in [4.69, 9.17) is 0 Å². The maximum absolute atomic E-state index is 11.0. The summed E-state index contributed by atoms with van der Waals surface area (Å²) < 4.78 is 0.996. The predicted molar refractivity (Wildman–Crippen MR) is 101 cm³/mol. The lowest BCUT2D eigenvalue weighted by Crippen LogP contribution is -2.05. The Kier molecular flexibility index (Phi) is 5.20. The van der Waals surface area contributed by atoms with Gasteiger partial charge < -0.3 is 16.0 Å². The van der Waals surface area contributed by atoms with Crippen molar-refractivity contribution in [1.29, 1.82) is 0 Å². The van der Waals surface area contributed by atoms with Crippen molar-refractivity contribution in [1.82, 2.24) is 15.2 Å². The Labute approximate surface area is 153 Å². The number of nitrogens with one attached hydrogen (secondary N) is 3. The summed E-state index contributed by atoms with van der Waals surface area (Å²) in [5, 5.41) is 16.9. The minimum atomic E-state index is -0.107. The van der Waals surface area contributed by atoms with Gasteiger partial charge in [-0.05, 0) is 48.5 Å². The standard InChI is InChI=1S/C17H15BrN6O/c1-11(25)20-13-6-8-14(9-7-13)21-16-10-19-24-17(23-16)22-15-4-2-12(18)3-5-15/h2-10H,1H3,(H,20,25)(H2,21,22,23,24). The van der Waals surface area contributed by atoms with Gasteiger partial charge in [-0.2, -0.15) is 10.1 Å². The van der Waals surface area contributed by atoms with Crippen LogP contribution in [0.5, 0.6) is 0 Å². The number of carbonyl (C=O) groups is 1. The molecule has 1 amide bonds. The first-order valence-corrected chi connectivity index (χ1v) is 8.25. The van der Waals surface area contributed by atoms with Gasteiger partial charge in [0.1, 0.15) is 0 Å². The van der Waals surface area contributed by atoms with Crippen LogP contribution in [0.1, 0.15) is 6.92 Å². The normalized spacial score (nSPS) is 10.2. The Bertz CT molecular complexity index is 867. The summed E-state index contributed by atoms with van der Waals surface area (Å²) in [6.07, 6.45) is 1.54. The Morgan fingerprint density at radius 2 is 1.52 bits per heavy atom. The fourth-order valence-electron chi connectivity index (χ4n) is 2.07. The topological polar surface area (TPSA) is 91.8 Å². The summed E-state index contributed by atoms with van der Waals surface area (Å²) in [4.78, 5) is 15.4. The minimum Gasteiger partial charge on any atom is -0.339 e. The van der Waals surface area contributed by atoms with Crippen LogP contribution in [0.3, 0.4) is 0 Å². The summed E-state index contributed by atoms with van der Waals surface area (Å²) in [5.41, 5.74) is 2.42. The van der Waals surface area contributed by atoms with Gasteiger partial charge in [-0.1, -0.05) is 15.9 Å². The van der Waals surface area contributed by atoms with Crippen molar-refractivity contribution >= 4 is 50.7 Å². The first-order chi connectivity index (χ1) is 12.1. The number of nitrogens with zero attached hydrogens (tertiary/aromatic N) is 3. The average molecular weight is 399 g/mol. The quantitative estimate of drug-likeness (QED) is 0.599. The van der Waals surface area contributed by atoms with Gasteiger partial charge in [-0.15, -0.1) is 5.10 Å². The fourth-order valence-corrected chi connectivity index (χ4v) is 2.33. The molecule has 0 saturated heterocycles. The highest BCUT2D eigenvalue weighted by molar-refractivity contribution is 9.10. The molecular formula is C17H15BrN6O. The van der Waals surface area contributed by atoms with Crippen molar-refractivity contribution < 1.29 is 4.79 Å². The van der Waals surface area contributed by atoms with Gasteiger partial charge in [-0.25, -0.2) is 0 Å². The van der Waals surface area contributed by atoms with Crippen molar-refractivity contribution in [2.45, 2.75) is 6.92 Å². The van der Waals surface area contributed by atoms with E-state index in [1.807, 2.05) is 36.4 Å². The molecule has 0 aliphatic carbocycles. The molecule has 0 fully saturated rings. The van der Waals surface area contributed by atoms with Crippen LogP contribution in [0, 0.1) is 0 Å². The van der Waals surface area contributed by atoms with E-state index in [-0.39, 0.29) is 5.91 Å². The third kappa shape index (κ3) is 4.98. The molecule has 1 heterocycles. The molecule has 7 nitrogen and oxygen atoms in total. The van der Waals surface area contributed by atoms with E-state index < -0.39 is 0 Å². The zero-order valence-electron chi connectivity index (χ0n) is 13.3. The van der Waals surface area contributed by atoms with Gasteiger partial charge in [-0.3, -0.25) is 4.79 Å². The molecule has 0 atom stereocenters. The third-order valence-corrected chi connectivity index (χ3v) is 3.67. The molecule has 0 spiro atoms. The van der Waals surface area contributed by atoms with Gasteiger partial charge in [0.2, 0.25) is 11.9 Å². The second-order valence-corrected chi connectivity index (χ2v) is 6.10. The average Bonchev–Trinajstić information content (AvgIpc) is 2.59. The Hall–Kier alpha value is -3.00. The zero-order chi connectivity index (χ0) is 17.6. The molecule has 3 N–H and O–H groups in total. The molecule has 0 saturated carbocycles. The molecule has 0 bridgehead atoms. The highest BCUT2D eigenvalue weighted by Crippen LogP contribution is 2.20. The van der Waals surface area contributed by atoms with Gasteiger partial charge >= 0.3 is 0 Å². The predicted octanol–water partition coefficient (Wildman–Crippen LogP) is 4.08. The van der Waals surface area contributed by atoms with Crippen LogP contribution in [0.2, 0.25) is 0 Å². The molecule has 0 aliphatic rings. The summed E-state index contributed by atoms with van der Waals surface area (Å²) in [7, 11) is 0. The molecule has 0 radical (unpaired) electrons. The molecule has 1 aromatic heterocycles. The number of amides is 1. The Morgan fingerprint density at radius 1 is 0.920 bits per heavy atom. The lowest BCUT2D eigenvalue weighted by Gasteiger charge is -2.08. The highest BCUT2D eigenvalue weighted by atomic mass is 79.9. The smallest absolute Gasteiger partial charge is 0.249 e. The SMILES string of the molecule is CC(=O)Nc1ccc(Nc2cnnc(Nc3ccc(Br)cc3)n2)cc1. The first kappa shape index (κ1) is 16.8. The number of anilines is 5. The summed E-state index contributed by atoms with van der Waals surface area (Å²) >= 11 is 3.39. The molecule has 126 valence electrons. The van der Waals surface area contributed by atoms with Crippen molar-refractivity contribution in [3.63, 3.8) is 0 Å². The molecule has 0 aliphatic heterocycles. The molecule has 3 aromatic rings. The summed E-state index contributed by atoms with van der Waals surface area (Å²) in [6, 6.07) is 15.0. The minimum absolute atomic E-state index is 0.107. The fraction of sp³-hybridized carbons (Fsp3) is 0.0588. The van der Waals surface area contributed by atoms with Gasteiger partial charge in [0.05, 0.1) is 6.20 Å². The summed E-state index contributed by atoms with van der Waals surface area (Å²) in [6.45, 7) is 1.47. The van der Waals surface area contributed by atoms with Crippen molar-refractivity contribution in [3.05, 3.63) is 59.2 Å². The van der Waals surface area contributed by atoms with E-state index in [2.05, 4.69) is 47.1 Å². The van der Waals surface area contributed by atoms with Crippen molar-refractivity contribution in [2.75, 3.05) is 16.0 Å². The highest BCUT2D eigenvalue weighted by Gasteiger charge is 2.03. The second kappa shape index (κ2) is 7.71. The van der Waals surface area contributed by atoms with Crippen LogP contribution in [-0.2, 0) is 4.79 Å². The molecule has 25 heavy (non-hydrogen) atoms. The maximum Gasteiger partial charge on any atom is 0.249 e. The van der Waals surface area contributed by atoms with Crippen LogP contribution in [-0.4, -0.2) is 21.1 Å². The summed E-state index contributed by atoms with van der Waals surface area (Å²) in [5.74, 6) is 0.841. The van der Waals surface area contributed by atoms with E-state index in [0.717, 1.165) is 21.5 Å². The number of rotatable bonds is 5. The van der Waals surface area contributed by atoms with Crippen LogP contribution in [0.15, 0.2) is 59.2 Å². The lowest BCUT2D eigenvalue weighted by molar-refractivity contribution is -0.114. The van der Waals surface area contributed by atoms with E-state index >= 15 is 0 Å². The molecular weight excluding hydrogens is 384 g/mol. The zero-order valence-corrected chi connectivity index (χ0v) is 14.9. The van der Waals surface area contributed by atoms with E-state index in [1.165, 1.54) is 13.1 Å². The molecule has 2 aromatic carbocycles. The number of hydrogen-bond donors (Lipinski definition) is 3. The van der Waals surface area contributed by atoms with Crippen molar-refractivity contribution in [3.8, 4) is 0 Å². The largest absolute Gasteiger partial charge is 0.339 e. The third-order valence-electron chi connectivity index (χ3n) is 3.14. The van der Waals surface area contributed by atoms with Gasteiger partial charge in [0.15, 0.2) is 5.82 Å².